The van der Waals surface area contributed by atoms with E-state index in [-0.39, 0.29) is 0 Å². The maximum Gasteiger partial charge on any atom is 0.0591 e. The number of nitrogens with one attached hydrogen (secondary N) is 1. The highest BCUT2D eigenvalue weighted by molar-refractivity contribution is 4.82. The predicted octanol–water partition coefficient (Wildman–Crippen LogP) is 1.13. The standard InChI is InChI=1S/C11H24N2O/c1-11(4-2-3-5-11)10-13-7-9-14-8-6-12/h13H,2-10,12H2,1H3. The molecule has 0 radical (unpaired) electrons. The van der Waals surface area contributed by atoms with E-state index in [0.717, 1.165) is 19.7 Å². The zero-order valence-corrected chi connectivity index (χ0v) is 9.35. The van der Waals surface area contributed by atoms with Crippen LogP contribution in [0.15, 0.2) is 0 Å². The first-order valence-electron chi connectivity index (χ1n) is 5.75. The molecule has 1 fully saturated rings. The first kappa shape index (κ1) is 12.0. The van der Waals surface area contributed by atoms with Crippen LogP contribution in [0.1, 0.15) is 32.6 Å². The molecule has 0 spiro atoms. The molecule has 0 unspecified atom stereocenters. The van der Waals surface area contributed by atoms with Crippen molar-refractivity contribution in [3.63, 3.8) is 0 Å². The molecule has 0 amide bonds. The summed E-state index contributed by atoms with van der Waals surface area (Å²) in [6.07, 6.45) is 5.57. The van der Waals surface area contributed by atoms with Crippen LogP contribution in [0, 0.1) is 5.41 Å². The molecule has 0 atom stereocenters. The number of hydrogen-bond donors (Lipinski definition) is 2. The average molecular weight is 200 g/mol. The van der Waals surface area contributed by atoms with Gasteiger partial charge >= 0.3 is 0 Å². The summed E-state index contributed by atoms with van der Waals surface area (Å²) in [5.74, 6) is 0. The van der Waals surface area contributed by atoms with Gasteiger partial charge in [-0.15, -0.1) is 0 Å². The van der Waals surface area contributed by atoms with Gasteiger partial charge in [0.2, 0.25) is 0 Å². The minimum absolute atomic E-state index is 0.549. The SMILES string of the molecule is CC1(CNCCOCCN)CCCC1. The van der Waals surface area contributed by atoms with Crippen LogP contribution in [0.4, 0.5) is 0 Å². The lowest BCUT2D eigenvalue weighted by Crippen LogP contribution is -2.32. The van der Waals surface area contributed by atoms with Crippen molar-refractivity contribution in [3.05, 3.63) is 0 Å². The topological polar surface area (TPSA) is 47.3 Å². The lowest BCUT2D eigenvalue weighted by molar-refractivity contribution is 0.140. The van der Waals surface area contributed by atoms with Gasteiger partial charge in [-0.05, 0) is 18.3 Å². The second kappa shape index (κ2) is 6.38. The number of ether oxygens (including phenoxy) is 1. The molecule has 3 heteroatoms. The minimum Gasteiger partial charge on any atom is -0.379 e. The molecule has 84 valence electrons. The van der Waals surface area contributed by atoms with Crippen molar-refractivity contribution >= 4 is 0 Å². The Labute approximate surface area is 87.4 Å². The molecule has 0 saturated heterocycles. The van der Waals surface area contributed by atoms with Crippen LogP contribution in [-0.4, -0.2) is 32.8 Å². The third-order valence-electron chi connectivity index (χ3n) is 3.05. The summed E-state index contributed by atoms with van der Waals surface area (Å²) in [6, 6.07) is 0. The van der Waals surface area contributed by atoms with Gasteiger partial charge in [0.25, 0.3) is 0 Å². The fourth-order valence-electron chi connectivity index (χ4n) is 2.13. The van der Waals surface area contributed by atoms with E-state index < -0.39 is 0 Å². The highest BCUT2D eigenvalue weighted by atomic mass is 16.5. The molecule has 1 rings (SSSR count). The summed E-state index contributed by atoms with van der Waals surface area (Å²) in [5.41, 5.74) is 5.87. The van der Waals surface area contributed by atoms with Crippen molar-refractivity contribution in [2.75, 3.05) is 32.8 Å². The van der Waals surface area contributed by atoms with E-state index in [2.05, 4.69) is 12.2 Å². The Morgan fingerprint density at radius 2 is 2.00 bits per heavy atom. The monoisotopic (exact) mass is 200 g/mol. The van der Waals surface area contributed by atoms with Gasteiger partial charge in [0.15, 0.2) is 0 Å². The lowest BCUT2D eigenvalue weighted by atomic mass is 9.89. The molecule has 1 aliphatic rings. The van der Waals surface area contributed by atoms with E-state index in [4.69, 9.17) is 10.5 Å². The fraction of sp³-hybridized carbons (Fsp3) is 1.00. The molecule has 0 aromatic carbocycles. The summed E-state index contributed by atoms with van der Waals surface area (Å²) in [5, 5.41) is 3.46. The van der Waals surface area contributed by atoms with E-state index in [0.29, 0.717) is 18.6 Å². The molecule has 14 heavy (non-hydrogen) atoms. The van der Waals surface area contributed by atoms with E-state index in [1.807, 2.05) is 0 Å². The number of rotatable bonds is 7. The summed E-state index contributed by atoms with van der Waals surface area (Å²) >= 11 is 0. The molecule has 0 aliphatic heterocycles. The molecule has 0 aromatic rings. The largest absolute Gasteiger partial charge is 0.379 e. The van der Waals surface area contributed by atoms with Crippen LogP contribution in [0.5, 0.6) is 0 Å². The summed E-state index contributed by atoms with van der Waals surface area (Å²) < 4.78 is 5.29. The Kier molecular flexibility index (Phi) is 5.45. The van der Waals surface area contributed by atoms with E-state index in [1.54, 1.807) is 0 Å². The highest BCUT2D eigenvalue weighted by Gasteiger charge is 2.27. The molecular formula is C11H24N2O. The Morgan fingerprint density at radius 1 is 1.29 bits per heavy atom. The van der Waals surface area contributed by atoms with Gasteiger partial charge in [-0.2, -0.15) is 0 Å². The Morgan fingerprint density at radius 3 is 2.64 bits per heavy atom. The van der Waals surface area contributed by atoms with Gasteiger partial charge in [0.05, 0.1) is 13.2 Å². The van der Waals surface area contributed by atoms with Crippen LogP contribution in [0.3, 0.4) is 0 Å². The minimum atomic E-state index is 0.549. The van der Waals surface area contributed by atoms with Gasteiger partial charge in [-0.25, -0.2) is 0 Å². The first-order chi connectivity index (χ1) is 6.77. The van der Waals surface area contributed by atoms with Crippen molar-refractivity contribution in [2.45, 2.75) is 32.6 Å². The molecule has 1 aliphatic carbocycles. The number of hydrogen-bond acceptors (Lipinski definition) is 3. The molecular weight excluding hydrogens is 176 g/mol. The first-order valence-corrected chi connectivity index (χ1v) is 5.75. The molecule has 0 aromatic heterocycles. The second-order valence-electron chi connectivity index (χ2n) is 4.60. The van der Waals surface area contributed by atoms with E-state index in [9.17, 15) is 0 Å². The van der Waals surface area contributed by atoms with Crippen LogP contribution < -0.4 is 11.1 Å². The van der Waals surface area contributed by atoms with Crippen molar-refractivity contribution in [3.8, 4) is 0 Å². The summed E-state index contributed by atoms with van der Waals surface area (Å²) in [4.78, 5) is 0. The maximum atomic E-state index is 5.32. The van der Waals surface area contributed by atoms with Gasteiger partial charge in [0.1, 0.15) is 0 Å². The third kappa shape index (κ3) is 4.40. The van der Waals surface area contributed by atoms with Crippen molar-refractivity contribution in [2.24, 2.45) is 11.1 Å². The Balaban J connectivity index is 1.92. The van der Waals surface area contributed by atoms with E-state index in [1.165, 1.54) is 25.7 Å². The summed E-state index contributed by atoms with van der Waals surface area (Å²) in [7, 11) is 0. The lowest BCUT2D eigenvalue weighted by Gasteiger charge is -2.23. The Hall–Kier alpha value is -0.120. The van der Waals surface area contributed by atoms with Crippen LogP contribution in [-0.2, 0) is 4.74 Å². The van der Waals surface area contributed by atoms with Crippen molar-refractivity contribution in [1.82, 2.24) is 5.32 Å². The zero-order chi connectivity index (χ0) is 10.3. The summed E-state index contributed by atoms with van der Waals surface area (Å²) in [6.45, 7) is 6.56. The second-order valence-corrected chi connectivity index (χ2v) is 4.60. The van der Waals surface area contributed by atoms with Crippen molar-refractivity contribution < 1.29 is 4.74 Å². The third-order valence-corrected chi connectivity index (χ3v) is 3.05. The number of nitrogens with two attached hydrogens (primary N) is 1. The van der Waals surface area contributed by atoms with Gasteiger partial charge in [-0.3, -0.25) is 0 Å². The molecule has 0 bridgehead atoms. The van der Waals surface area contributed by atoms with Crippen LogP contribution >= 0.6 is 0 Å². The Bertz CT molecular complexity index is 144. The van der Waals surface area contributed by atoms with Gasteiger partial charge in [-0.1, -0.05) is 19.8 Å². The van der Waals surface area contributed by atoms with Gasteiger partial charge in [0, 0.05) is 19.6 Å². The normalized spacial score (nSPS) is 20.1. The molecule has 3 nitrogen and oxygen atoms in total. The van der Waals surface area contributed by atoms with Crippen LogP contribution in [0.2, 0.25) is 0 Å². The average Bonchev–Trinajstić information content (AvgIpc) is 2.59. The van der Waals surface area contributed by atoms with E-state index >= 15 is 0 Å². The van der Waals surface area contributed by atoms with Crippen molar-refractivity contribution in [1.29, 1.82) is 0 Å². The molecule has 1 saturated carbocycles. The van der Waals surface area contributed by atoms with Gasteiger partial charge < -0.3 is 15.8 Å². The predicted molar refractivity (Wildman–Crippen MR) is 59.3 cm³/mol. The fourth-order valence-corrected chi connectivity index (χ4v) is 2.13. The zero-order valence-electron chi connectivity index (χ0n) is 9.35. The molecule has 3 N–H and O–H groups in total. The molecule has 0 heterocycles. The maximum absolute atomic E-state index is 5.32. The smallest absolute Gasteiger partial charge is 0.0591 e. The quantitative estimate of drug-likeness (QED) is 0.606. The van der Waals surface area contributed by atoms with Crippen LogP contribution in [0.25, 0.3) is 0 Å². The highest BCUT2D eigenvalue weighted by Crippen LogP contribution is 2.36.